The minimum absolute atomic E-state index is 0. The molecule has 2 saturated carbocycles. The van der Waals surface area contributed by atoms with Crippen LogP contribution in [0.25, 0.3) is 11.5 Å². The number of carbonyl (C=O) groups is 1. The Balaban J connectivity index is 0.00000169. The molecule has 0 radical (unpaired) electrons. The third-order valence-corrected chi connectivity index (χ3v) is 4.94. The molecule has 1 heterocycles. The molecular formula is C17H21ClN4O2. The Morgan fingerprint density at radius 2 is 2.17 bits per heavy atom. The lowest BCUT2D eigenvalue weighted by molar-refractivity contribution is -0.117. The number of halogens is 1. The molecule has 1 amide bonds. The van der Waals surface area contributed by atoms with E-state index in [1.54, 1.807) is 0 Å². The van der Waals surface area contributed by atoms with Crippen molar-refractivity contribution >= 4 is 24.0 Å². The zero-order chi connectivity index (χ0) is 16.0. The molecule has 2 aliphatic carbocycles. The van der Waals surface area contributed by atoms with E-state index in [4.69, 9.17) is 10.3 Å². The van der Waals surface area contributed by atoms with Crippen LogP contribution < -0.4 is 11.1 Å². The molecule has 2 atom stereocenters. The Morgan fingerprint density at radius 3 is 2.79 bits per heavy atom. The van der Waals surface area contributed by atoms with E-state index < -0.39 is 5.54 Å². The highest BCUT2D eigenvalue weighted by atomic mass is 35.5. The summed E-state index contributed by atoms with van der Waals surface area (Å²) in [7, 11) is 0. The molecule has 0 spiro atoms. The van der Waals surface area contributed by atoms with Crippen molar-refractivity contribution in [1.29, 1.82) is 0 Å². The van der Waals surface area contributed by atoms with Gasteiger partial charge in [-0.1, -0.05) is 18.1 Å². The monoisotopic (exact) mass is 348 g/mol. The van der Waals surface area contributed by atoms with Crippen molar-refractivity contribution < 1.29 is 9.32 Å². The van der Waals surface area contributed by atoms with Gasteiger partial charge in [-0.15, -0.1) is 12.4 Å². The second kappa shape index (κ2) is 6.18. The largest absolute Gasteiger partial charge is 0.334 e. The summed E-state index contributed by atoms with van der Waals surface area (Å²) in [6.45, 7) is 2.09. The quantitative estimate of drug-likeness (QED) is 0.885. The lowest BCUT2D eigenvalue weighted by Crippen LogP contribution is -2.44. The predicted octanol–water partition coefficient (Wildman–Crippen LogP) is 3.09. The average Bonchev–Trinajstić information content (AvgIpc) is 3.05. The van der Waals surface area contributed by atoms with Crippen LogP contribution in [0, 0.1) is 11.8 Å². The fraction of sp³-hybridized carbons (Fsp3) is 0.471. The number of nitrogens with zero attached hydrogens (tertiary/aromatic N) is 2. The van der Waals surface area contributed by atoms with Crippen molar-refractivity contribution in [1.82, 2.24) is 10.1 Å². The first-order valence-electron chi connectivity index (χ1n) is 8.09. The maximum absolute atomic E-state index is 12.0. The van der Waals surface area contributed by atoms with Gasteiger partial charge < -0.3 is 15.6 Å². The molecule has 1 aromatic carbocycles. The molecule has 2 aromatic rings. The van der Waals surface area contributed by atoms with Crippen LogP contribution >= 0.6 is 12.4 Å². The first kappa shape index (κ1) is 16.9. The van der Waals surface area contributed by atoms with Gasteiger partial charge in [0.25, 0.3) is 5.89 Å². The normalized spacial score (nSPS) is 23.8. The van der Waals surface area contributed by atoms with Crippen LogP contribution in [0.4, 0.5) is 5.69 Å². The number of hydrogen-bond acceptors (Lipinski definition) is 5. The number of benzene rings is 1. The molecule has 7 heteroatoms. The smallest absolute Gasteiger partial charge is 0.258 e. The number of amides is 1. The highest BCUT2D eigenvalue weighted by Crippen LogP contribution is 2.39. The van der Waals surface area contributed by atoms with E-state index in [1.165, 1.54) is 0 Å². The number of nitrogens with one attached hydrogen (secondary N) is 1. The van der Waals surface area contributed by atoms with Crippen LogP contribution in [0.5, 0.6) is 0 Å². The van der Waals surface area contributed by atoms with Gasteiger partial charge in [-0.2, -0.15) is 4.98 Å². The summed E-state index contributed by atoms with van der Waals surface area (Å²) in [6, 6.07) is 7.47. The number of anilines is 1. The fourth-order valence-electron chi connectivity index (χ4n) is 2.98. The maximum Gasteiger partial charge on any atom is 0.258 e. The van der Waals surface area contributed by atoms with E-state index in [1.807, 2.05) is 24.3 Å². The standard InChI is InChI=1S/C17H20N4O2.ClH/c1-10-8-13(10)14(22)19-12-5-2-4-11(9-12)15-20-16(21-23-15)17(18)6-3-7-17;/h2,4-5,9-10,13H,3,6-8,18H2,1H3,(H,19,22);1H. The van der Waals surface area contributed by atoms with Crippen molar-refractivity contribution in [3.05, 3.63) is 30.1 Å². The number of nitrogens with two attached hydrogens (primary N) is 1. The molecule has 128 valence electrons. The molecular weight excluding hydrogens is 328 g/mol. The van der Waals surface area contributed by atoms with Gasteiger partial charge in [0.1, 0.15) is 0 Å². The van der Waals surface area contributed by atoms with Crippen molar-refractivity contribution in [2.24, 2.45) is 17.6 Å². The Labute approximate surface area is 146 Å². The third-order valence-electron chi connectivity index (χ3n) is 4.94. The van der Waals surface area contributed by atoms with E-state index in [0.29, 0.717) is 17.6 Å². The second-order valence-corrected chi connectivity index (χ2v) is 6.82. The third kappa shape index (κ3) is 3.03. The van der Waals surface area contributed by atoms with Gasteiger partial charge in [0.15, 0.2) is 5.82 Å². The molecule has 2 unspecified atom stereocenters. The van der Waals surface area contributed by atoms with Gasteiger partial charge in [-0.25, -0.2) is 0 Å². The molecule has 4 rings (SSSR count). The lowest BCUT2D eigenvalue weighted by atomic mass is 9.77. The van der Waals surface area contributed by atoms with Gasteiger partial charge in [-0.05, 0) is 49.8 Å². The van der Waals surface area contributed by atoms with E-state index >= 15 is 0 Å². The van der Waals surface area contributed by atoms with Crippen LogP contribution in [0.2, 0.25) is 0 Å². The average molecular weight is 349 g/mol. The highest BCUT2D eigenvalue weighted by Gasteiger charge is 2.40. The van der Waals surface area contributed by atoms with Crippen LogP contribution in [-0.4, -0.2) is 16.0 Å². The fourth-order valence-corrected chi connectivity index (χ4v) is 2.98. The Bertz CT molecular complexity index is 757. The number of hydrogen-bond donors (Lipinski definition) is 2. The number of aromatic nitrogens is 2. The minimum Gasteiger partial charge on any atom is -0.334 e. The summed E-state index contributed by atoms with van der Waals surface area (Å²) in [6.07, 6.45) is 3.85. The van der Waals surface area contributed by atoms with Crippen LogP contribution in [-0.2, 0) is 10.3 Å². The van der Waals surface area contributed by atoms with E-state index in [0.717, 1.165) is 36.9 Å². The second-order valence-electron chi connectivity index (χ2n) is 6.82. The van der Waals surface area contributed by atoms with E-state index in [9.17, 15) is 4.79 Å². The molecule has 3 N–H and O–H groups in total. The molecule has 6 nitrogen and oxygen atoms in total. The summed E-state index contributed by atoms with van der Waals surface area (Å²) in [4.78, 5) is 16.5. The molecule has 24 heavy (non-hydrogen) atoms. The summed E-state index contributed by atoms with van der Waals surface area (Å²) < 4.78 is 5.36. The molecule has 2 aliphatic rings. The number of carbonyl (C=O) groups excluding carboxylic acids is 1. The van der Waals surface area contributed by atoms with E-state index in [2.05, 4.69) is 22.4 Å². The van der Waals surface area contributed by atoms with Gasteiger partial charge in [0.05, 0.1) is 5.54 Å². The molecule has 0 saturated heterocycles. The highest BCUT2D eigenvalue weighted by molar-refractivity contribution is 5.94. The van der Waals surface area contributed by atoms with Gasteiger partial charge in [0, 0.05) is 17.2 Å². The SMILES string of the molecule is CC1CC1C(=O)Nc1cccc(-c2nc(C3(N)CCC3)no2)c1.Cl. The topological polar surface area (TPSA) is 94.0 Å². The van der Waals surface area contributed by atoms with Crippen LogP contribution in [0.3, 0.4) is 0 Å². The van der Waals surface area contributed by atoms with Crippen molar-refractivity contribution in [3.8, 4) is 11.5 Å². The summed E-state index contributed by atoms with van der Waals surface area (Å²) in [5.41, 5.74) is 7.32. The van der Waals surface area contributed by atoms with Crippen molar-refractivity contribution in [3.63, 3.8) is 0 Å². The van der Waals surface area contributed by atoms with Crippen molar-refractivity contribution in [2.45, 2.75) is 38.1 Å². The predicted molar refractivity (Wildman–Crippen MR) is 92.6 cm³/mol. The Hall–Kier alpha value is -1.92. The van der Waals surface area contributed by atoms with Crippen molar-refractivity contribution in [2.75, 3.05) is 5.32 Å². The number of rotatable bonds is 4. The zero-order valence-corrected chi connectivity index (χ0v) is 14.3. The Morgan fingerprint density at radius 1 is 1.42 bits per heavy atom. The molecule has 2 fully saturated rings. The summed E-state index contributed by atoms with van der Waals surface area (Å²) >= 11 is 0. The molecule has 1 aromatic heterocycles. The summed E-state index contributed by atoms with van der Waals surface area (Å²) in [5.74, 6) is 1.72. The van der Waals surface area contributed by atoms with Crippen LogP contribution in [0.1, 0.15) is 38.4 Å². The first-order chi connectivity index (χ1) is 11.0. The molecule has 0 aliphatic heterocycles. The van der Waals surface area contributed by atoms with Crippen LogP contribution in [0.15, 0.2) is 28.8 Å². The minimum atomic E-state index is -0.435. The van der Waals surface area contributed by atoms with Gasteiger partial charge >= 0.3 is 0 Å². The zero-order valence-electron chi connectivity index (χ0n) is 13.5. The lowest BCUT2D eigenvalue weighted by Gasteiger charge is -2.34. The first-order valence-corrected chi connectivity index (χ1v) is 8.09. The maximum atomic E-state index is 12.0. The molecule has 0 bridgehead atoms. The van der Waals surface area contributed by atoms with E-state index in [-0.39, 0.29) is 24.2 Å². The van der Waals surface area contributed by atoms with Gasteiger partial charge in [0.2, 0.25) is 5.91 Å². The summed E-state index contributed by atoms with van der Waals surface area (Å²) in [5, 5.41) is 6.98. The van der Waals surface area contributed by atoms with Gasteiger partial charge in [-0.3, -0.25) is 4.79 Å². The Kier molecular flexibility index (Phi) is 4.36.